The first-order chi connectivity index (χ1) is 14.1. The van der Waals surface area contributed by atoms with Crippen molar-refractivity contribution in [2.45, 2.75) is 19.8 Å². The van der Waals surface area contributed by atoms with Crippen LogP contribution in [-0.4, -0.2) is 42.8 Å². The molecular formula is C22H26N4OS2. The van der Waals surface area contributed by atoms with Crippen LogP contribution in [0.25, 0.3) is 4.91 Å². The van der Waals surface area contributed by atoms with E-state index in [9.17, 15) is 4.79 Å². The van der Waals surface area contributed by atoms with Gasteiger partial charge in [0.2, 0.25) is 0 Å². The molecule has 0 radical (unpaired) electrons. The lowest BCUT2D eigenvalue weighted by molar-refractivity contribution is 0.102. The number of carbonyl (C=O) groups excluding carboxylic acids is 1. The second-order valence-electron chi connectivity index (χ2n) is 8.42. The molecule has 2 fully saturated rings. The van der Waals surface area contributed by atoms with Crippen molar-refractivity contribution in [3.8, 4) is 0 Å². The minimum absolute atomic E-state index is 0.131. The average molecular weight is 427 g/mol. The van der Waals surface area contributed by atoms with Gasteiger partial charge < -0.3 is 15.5 Å². The fourth-order valence-corrected chi connectivity index (χ4v) is 6.37. The van der Waals surface area contributed by atoms with Crippen molar-refractivity contribution >= 4 is 45.3 Å². The van der Waals surface area contributed by atoms with Crippen LogP contribution in [0.5, 0.6) is 0 Å². The first-order valence-electron chi connectivity index (χ1n) is 10.3. The van der Waals surface area contributed by atoms with E-state index >= 15 is 0 Å². The molecule has 1 unspecified atom stereocenters. The Bertz CT molecular complexity index is 940. The van der Waals surface area contributed by atoms with Gasteiger partial charge in [-0.05, 0) is 36.3 Å². The van der Waals surface area contributed by atoms with Gasteiger partial charge in [0, 0.05) is 42.2 Å². The summed E-state index contributed by atoms with van der Waals surface area (Å²) < 4.78 is 0. The standard InChI is InChI=1S/C22H26N4OS2/c1-15-10-19(28-11-15)21-25-17(12-29-21)20(27)24-16-4-2-3-5-18(16)26-8-6-22(7-9-26)13-23-14-22/h2-5,10,12,15,23H,6-9,11,13-14H2,1H3,(H,24,27). The third kappa shape index (κ3) is 3.83. The lowest BCUT2D eigenvalue weighted by atomic mass is 9.73. The van der Waals surface area contributed by atoms with E-state index in [4.69, 9.17) is 0 Å². The Morgan fingerprint density at radius 2 is 2.07 bits per heavy atom. The third-order valence-electron chi connectivity index (χ3n) is 6.20. The van der Waals surface area contributed by atoms with Crippen molar-refractivity contribution in [2.24, 2.45) is 11.3 Å². The van der Waals surface area contributed by atoms with Gasteiger partial charge in [-0.2, -0.15) is 0 Å². The van der Waals surface area contributed by atoms with Crippen molar-refractivity contribution in [3.63, 3.8) is 0 Å². The molecule has 3 aliphatic heterocycles. The lowest BCUT2D eigenvalue weighted by Crippen LogP contribution is -2.58. The molecule has 2 saturated heterocycles. The smallest absolute Gasteiger partial charge is 0.275 e. The number of thioether (sulfide) groups is 1. The summed E-state index contributed by atoms with van der Waals surface area (Å²) >= 11 is 3.38. The molecule has 2 N–H and O–H groups in total. The van der Waals surface area contributed by atoms with E-state index in [1.54, 1.807) is 11.3 Å². The molecule has 1 aromatic carbocycles. The van der Waals surface area contributed by atoms with Crippen molar-refractivity contribution in [1.82, 2.24) is 10.3 Å². The normalized spacial score (nSPS) is 23.0. The Hall–Kier alpha value is -1.83. The number of nitrogens with zero attached hydrogens (tertiary/aromatic N) is 2. The largest absolute Gasteiger partial charge is 0.370 e. The molecule has 29 heavy (non-hydrogen) atoms. The summed E-state index contributed by atoms with van der Waals surface area (Å²) in [4.78, 5) is 21.1. The highest BCUT2D eigenvalue weighted by Gasteiger charge is 2.39. The maximum absolute atomic E-state index is 12.9. The van der Waals surface area contributed by atoms with Gasteiger partial charge in [0.15, 0.2) is 0 Å². The number of carbonyl (C=O) groups is 1. The number of hydrogen-bond donors (Lipinski definition) is 2. The highest BCUT2D eigenvalue weighted by molar-refractivity contribution is 8.08. The fraction of sp³-hybridized carbons (Fsp3) is 0.455. The molecule has 1 spiro atoms. The predicted octanol–water partition coefficient (Wildman–Crippen LogP) is 4.31. The zero-order valence-electron chi connectivity index (χ0n) is 16.6. The van der Waals surface area contributed by atoms with Gasteiger partial charge in [0.05, 0.1) is 11.4 Å². The van der Waals surface area contributed by atoms with Gasteiger partial charge in [-0.1, -0.05) is 25.1 Å². The van der Waals surface area contributed by atoms with Gasteiger partial charge in [-0.25, -0.2) is 4.98 Å². The summed E-state index contributed by atoms with van der Waals surface area (Å²) in [5, 5.41) is 9.35. The van der Waals surface area contributed by atoms with E-state index in [1.165, 1.54) is 17.7 Å². The van der Waals surface area contributed by atoms with Crippen LogP contribution in [0.3, 0.4) is 0 Å². The highest BCUT2D eigenvalue weighted by atomic mass is 32.2. The number of aromatic nitrogens is 1. The molecule has 4 heterocycles. The number of anilines is 2. The molecular weight excluding hydrogens is 400 g/mol. The van der Waals surface area contributed by atoms with Gasteiger partial charge >= 0.3 is 0 Å². The van der Waals surface area contributed by atoms with Crippen LogP contribution >= 0.6 is 23.1 Å². The number of hydrogen-bond acceptors (Lipinski definition) is 6. The zero-order valence-corrected chi connectivity index (χ0v) is 18.2. The Balaban J connectivity index is 1.29. The summed E-state index contributed by atoms with van der Waals surface area (Å²) in [7, 11) is 0. The summed E-state index contributed by atoms with van der Waals surface area (Å²) in [6.07, 6.45) is 4.67. The molecule has 152 valence electrons. The Kier molecular flexibility index (Phi) is 5.14. The maximum Gasteiger partial charge on any atom is 0.275 e. The number of piperidine rings is 1. The van der Waals surface area contributed by atoms with Gasteiger partial charge in [-0.3, -0.25) is 4.79 Å². The zero-order chi connectivity index (χ0) is 19.8. The molecule has 0 bridgehead atoms. The molecule has 2 aromatic rings. The summed E-state index contributed by atoms with van der Waals surface area (Å²) in [5.41, 5.74) is 2.99. The second-order valence-corrected chi connectivity index (χ2v) is 10.3. The lowest BCUT2D eigenvalue weighted by Gasteiger charge is -2.49. The van der Waals surface area contributed by atoms with Crippen LogP contribution in [0.15, 0.2) is 35.7 Å². The summed E-state index contributed by atoms with van der Waals surface area (Å²) in [6.45, 7) is 6.60. The summed E-state index contributed by atoms with van der Waals surface area (Å²) in [6, 6.07) is 8.13. The Labute approximate surface area is 180 Å². The number of amides is 1. The minimum atomic E-state index is -0.131. The van der Waals surface area contributed by atoms with Crippen molar-refractivity contribution in [3.05, 3.63) is 46.4 Å². The van der Waals surface area contributed by atoms with Crippen LogP contribution in [0.1, 0.15) is 35.3 Å². The molecule has 7 heteroatoms. The van der Waals surface area contributed by atoms with Crippen LogP contribution < -0.4 is 15.5 Å². The first-order valence-corrected chi connectivity index (χ1v) is 12.2. The van der Waals surface area contributed by atoms with Gasteiger partial charge in [-0.15, -0.1) is 23.1 Å². The number of allylic oxidation sites excluding steroid dienone is 1. The second kappa shape index (κ2) is 7.78. The van der Waals surface area contributed by atoms with E-state index in [-0.39, 0.29) is 5.91 Å². The van der Waals surface area contributed by atoms with Crippen molar-refractivity contribution < 1.29 is 4.79 Å². The maximum atomic E-state index is 12.9. The fourth-order valence-electron chi connectivity index (χ4n) is 4.30. The molecule has 5 nitrogen and oxygen atoms in total. The molecule has 1 atom stereocenters. The van der Waals surface area contributed by atoms with Crippen molar-refractivity contribution in [1.29, 1.82) is 0 Å². The van der Waals surface area contributed by atoms with Gasteiger partial charge in [0.25, 0.3) is 5.91 Å². The van der Waals surface area contributed by atoms with Crippen LogP contribution in [0, 0.1) is 11.3 Å². The average Bonchev–Trinajstić information content (AvgIpc) is 3.36. The Morgan fingerprint density at radius 1 is 1.28 bits per heavy atom. The molecule has 0 saturated carbocycles. The monoisotopic (exact) mass is 426 g/mol. The highest BCUT2D eigenvalue weighted by Crippen LogP contribution is 2.39. The molecule has 3 aliphatic rings. The number of nitrogens with one attached hydrogen (secondary N) is 2. The van der Waals surface area contributed by atoms with E-state index in [0.717, 1.165) is 48.3 Å². The number of thiazole rings is 1. The van der Waals surface area contributed by atoms with E-state index < -0.39 is 0 Å². The van der Waals surface area contributed by atoms with E-state index in [2.05, 4.69) is 39.6 Å². The number of para-hydroxylation sites is 2. The third-order valence-corrected chi connectivity index (χ3v) is 8.54. The number of rotatable bonds is 4. The quantitative estimate of drug-likeness (QED) is 0.763. The minimum Gasteiger partial charge on any atom is -0.370 e. The summed E-state index contributed by atoms with van der Waals surface area (Å²) in [5.74, 6) is 1.53. The molecule has 1 aromatic heterocycles. The molecule has 5 rings (SSSR count). The molecule has 0 aliphatic carbocycles. The van der Waals surface area contributed by atoms with Crippen LogP contribution in [-0.2, 0) is 0 Å². The van der Waals surface area contributed by atoms with Crippen molar-refractivity contribution in [2.75, 3.05) is 42.1 Å². The van der Waals surface area contributed by atoms with Gasteiger partial charge in [0.1, 0.15) is 10.7 Å². The Morgan fingerprint density at radius 3 is 2.76 bits per heavy atom. The number of benzene rings is 1. The van der Waals surface area contributed by atoms with Crippen LogP contribution in [0.2, 0.25) is 0 Å². The van der Waals surface area contributed by atoms with E-state index in [0.29, 0.717) is 17.0 Å². The van der Waals surface area contributed by atoms with E-state index in [1.807, 2.05) is 35.3 Å². The molecule has 1 amide bonds. The first kappa shape index (κ1) is 19.2. The SMILES string of the molecule is CC1C=C(c2nc(C(=O)Nc3ccccc3N3CCC4(CC3)CNC4)cs2)SC1. The predicted molar refractivity (Wildman–Crippen MR) is 123 cm³/mol. The van der Waals surface area contributed by atoms with Crippen LogP contribution in [0.4, 0.5) is 11.4 Å². The topological polar surface area (TPSA) is 57.3 Å².